The molecular formula is C20H16BrN3O2. The molecule has 3 rings (SSSR count). The fraction of sp³-hybridized carbons (Fsp3) is 0.100. The molecule has 2 N–H and O–H groups in total. The number of nitrogens with two attached hydrogens (primary N) is 1. The van der Waals surface area contributed by atoms with E-state index >= 15 is 0 Å². The SMILES string of the molecule is COc1ccc(OC)c(-c2cc(-c3cccc(Br)c3)c(C#N)c(N)n2)c1. The van der Waals surface area contributed by atoms with Crippen LogP contribution in [0.1, 0.15) is 5.56 Å². The average molecular weight is 410 g/mol. The number of methoxy groups -OCH3 is 2. The Labute approximate surface area is 160 Å². The molecule has 26 heavy (non-hydrogen) atoms. The van der Waals surface area contributed by atoms with Crippen LogP contribution in [0, 0.1) is 11.3 Å². The molecule has 0 aliphatic carbocycles. The maximum atomic E-state index is 9.55. The highest BCUT2D eigenvalue weighted by Crippen LogP contribution is 2.37. The molecule has 0 saturated carbocycles. The fourth-order valence-corrected chi connectivity index (χ4v) is 3.12. The lowest BCUT2D eigenvalue weighted by atomic mass is 9.98. The third-order valence-electron chi connectivity index (χ3n) is 3.98. The van der Waals surface area contributed by atoms with Crippen molar-refractivity contribution in [1.29, 1.82) is 5.26 Å². The minimum Gasteiger partial charge on any atom is -0.497 e. The highest BCUT2D eigenvalue weighted by molar-refractivity contribution is 9.10. The molecule has 5 nitrogen and oxygen atoms in total. The van der Waals surface area contributed by atoms with E-state index in [0.717, 1.165) is 15.6 Å². The van der Waals surface area contributed by atoms with Crippen LogP contribution in [0.2, 0.25) is 0 Å². The van der Waals surface area contributed by atoms with Crippen molar-refractivity contribution in [3.8, 4) is 40.0 Å². The topological polar surface area (TPSA) is 81.2 Å². The largest absolute Gasteiger partial charge is 0.497 e. The van der Waals surface area contributed by atoms with Crippen LogP contribution in [0.25, 0.3) is 22.4 Å². The van der Waals surface area contributed by atoms with E-state index in [1.54, 1.807) is 14.2 Å². The first kappa shape index (κ1) is 17.8. The third-order valence-corrected chi connectivity index (χ3v) is 4.47. The molecule has 130 valence electrons. The first-order chi connectivity index (χ1) is 12.6. The molecule has 0 aliphatic rings. The zero-order valence-corrected chi connectivity index (χ0v) is 15.9. The number of benzene rings is 2. The summed E-state index contributed by atoms with van der Waals surface area (Å²) in [7, 11) is 3.19. The van der Waals surface area contributed by atoms with Crippen molar-refractivity contribution < 1.29 is 9.47 Å². The summed E-state index contributed by atoms with van der Waals surface area (Å²) in [5, 5.41) is 9.55. The van der Waals surface area contributed by atoms with Crippen molar-refractivity contribution in [2.75, 3.05) is 20.0 Å². The minimum absolute atomic E-state index is 0.171. The molecule has 1 heterocycles. The van der Waals surface area contributed by atoms with E-state index < -0.39 is 0 Å². The van der Waals surface area contributed by atoms with Gasteiger partial charge in [0, 0.05) is 15.6 Å². The molecule has 0 amide bonds. The molecule has 0 bridgehead atoms. The van der Waals surface area contributed by atoms with Gasteiger partial charge in [0.25, 0.3) is 0 Å². The smallest absolute Gasteiger partial charge is 0.142 e. The Morgan fingerprint density at radius 2 is 1.85 bits per heavy atom. The Bertz CT molecular complexity index is 1010. The zero-order valence-electron chi connectivity index (χ0n) is 14.3. The van der Waals surface area contributed by atoms with Gasteiger partial charge in [0.15, 0.2) is 0 Å². The number of hydrogen-bond donors (Lipinski definition) is 1. The van der Waals surface area contributed by atoms with Crippen molar-refractivity contribution in [2.24, 2.45) is 0 Å². The number of rotatable bonds is 4. The molecule has 0 saturated heterocycles. The van der Waals surface area contributed by atoms with Crippen LogP contribution in [0.15, 0.2) is 53.0 Å². The molecular weight excluding hydrogens is 394 g/mol. The second kappa shape index (κ2) is 7.46. The minimum atomic E-state index is 0.171. The standard InChI is InChI=1S/C20H16BrN3O2/c1-25-14-6-7-19(26-2)16(9-14)18-10-15(17(11-22)20(23)24-18)12-4-3-5-13(21)8-12/h3-10H,1-2H3,(H2,23,24). The summed E-state index contributed by atoms with van der Waals surface area (Å²) >= 11 is 3.46. The van der Waals surface area contributed by atoms with Crippen LogP contribution in [0.5, 0.6) is 11.5 Å². The number of aromatic nitrogens is 1. The highest BCUT2D eigenvalue weighted by Gasteiger charge is 2.16. The number of nitrogen functional groups attached to an aromatic ring is 1. The van der Waals surface area contributed by atoms with Gasteiger partial charge in [0.1, 0.15) is 28.9 Å². The van der Waals surface area contributed by atoms with Gasteiger partial charge in [-0.25, -0.2) is 4.98 Å². The molecule has 3 aromatic rings. The van der Waals surface area contributed by atoms with Crippen molar-refractivity contribution in [1.82, 2.24) is 4.98 Å². The first-order valence-corrected chi connectivity index (χ1v) is 8.55. The van der Waals surface area contributed by atoms with Crippen molar-refractivity contribution >= 4 is 21.7 Å². The number of nitriles is 1. The number of pyridine rings is 1. The van der Waals surface area contributed by atoms with Crippen molar-refractivity contribution in [3.63, 3.8) is 0 Å². The maximum Gasteiger partial charge on any atom is 0.142 e. The van der Waals surface area contributed by atoms with Crippen molar-refractivity contribution in [3.05, 3.63) is 58.6 Å². The lowest BCUT2D eigenvalue weighted by Crippen LogP contribution is -2.01. The van der Waals surface area contributed by atoms with E-state index in [-0.39, 0.29) is 5.82 Å². The lowest BCUT2D eigenvalue weighted by Gasteiger charge is -2.13. The zero-order chi connectivity index (χ0) is 18.7. The summed E-state index contributed by atoms with van der Waals surface area (Å²) in [6, 6.07) is 17.1. The number of nitrogens with zero attached hydrogens (tertiary/aromatic N) is 2. The van der Waals surface area contributed by atoms with Gasteiger partial charge in [0.2, 0.25) is 0 Å². The second-order valence-electron chi connectivity index (χ2n) is 5.50. The van der Waals surface area contributed by atoms with Crippen LogP contribution < -0.4 is 15.2 Å². The van der Waals surface area contributed by atoms with Gasteiger partial charge in [0.05, 0.1) is 19.9 Å². The number of anilines is 1. The molecule has 0 spiro atoms. The molecule has 0 atom stereocenters. The van der Waals surface area contributed by atoms with Crippen LogP contribution >= 0.6 is 15.9 Å². The maximum absolute atomic E-state index is 9.55. The molecule has 2 aromatic carbocycles. The van der Waals surface area contributed by atoms with Gasteiger partial charge >= 0.3 is 0 Å². The number of hydrogen-bond acceptors (Lipinski definition) is 5. The molecule has 0 unspecified atom stereocenters. The summed E-state index contributed by atoms with van der Waals surface area (Å²) in [6.45, 7) is 0. The molecule has 0 aliphatic heterocycles. The normalized spacial score (nSPS) is 10.2. The molecule has 0 radical (unpaired) electrons. The Morgan fingerprint density at radius 1 is 1.04 bits per heavy atom. The molecule has 6 heteroatoms. The Hall–Kier alpha value is -3.04. The van der Waals surface area contributed by atoms with E-state index in [4.69, 9.17) is 15.2 Å². The Balaban J connectivity index is 2.27. The van der Waals surface area contributed by atoms with E-state index in [1.807, 2.05) is 48.5 Å². The van der Waals surface area contributed by atoms with Gasteiger partial charge in [-0.1, -0.05) is 28.1 Å². The van der Waals surface area contributed by atoms with Gasteiger partial charge in [-0.3, -0.25) is 0 Å². The number of ether oxygens (including phenoxy) is 2. The van der Waals surface area contributed by atoms with E-state index in [2.05, 4.69) is 27.0 Å². The third kappa shape index (κ3) is 3.35. The van der Waals surface area contributed by atoms with Crippen LogP contribution in [-0.2, 0) is 0 Å². The summed E-state index contributed by atoms with van der Waals surface area (Å²) in [5.74, 6) is 1.49. The van der Waals surface area contributed by atoms with Gasteiger partial charge in [-0.2, -0.15) is 5.26 Å². The lowest BCUT2D eigenvalue weighted by molar-refractivity contribution is 0.404. The quantitative estimate of drug-likeness (QED) is 0.677. The Kier molecular flexibility index (Phi) is 5.10. The Morgan fingerprint density at radius 3 is 2.50 bits per heavy atom. The predicted octanol–water partition coefficient (Wildman–Crippen LogP) is 4.65. The van der Waals surface area contributed by atoms with E-state index in [0.29, 0.717) is 28.3 Å². The van der Waals surface area contributed by atoms with Crippen LogP contribution in [0.3, 0.4) is 0 Å². The summed E-state index contributed by atoms with van der Waals surface area (Å²) in [6.07, 6.45) is 0. The van der Waals surface area contributed by atoms with Gasteiger partial charge in [-0.05, 0) is 42.0 Å². The van der Waals surface area contributed by atoms with Crippen molar-refractivity contribution in [2.45, 2.75) is 0 Å². The second-order valence-corrected chi connectivity index (χ2v) is 6.42. The summed E-state index contributed by atoms with van der Waals surface area (Å²) < 4.78 is 11.7. The van der Waals surface area contributed by atoms with Crippen LogP contribution in [-0.4, -0.2) is 19.2 Å². The molecule has 1 aromatic heterocycles. The van der Waals surface area contributed by atoms with E-state index in [9.17, 15) is 5.26 Å². The predicted molar refractivity (Wildman–Crippen MR) is 105 cm³/mol. The molecule has 0 fully saturated rings. The monoisotopic (exact) mass is 409 g/mol. The number of halogens is 1. The van der Waals surface area contributed by atoms with Crippen LogP contribution in [0.4, 0.5) is 5.82 Å². The fourth-order valence-electron chi connectivity index (χ4n) is 2.72. The average Bonchev–Trinajstić information content (AvgIpc) is 2.66. The first-order valence-electron chi connectivity index (χ1n) is 7.76. The summed E-state index contributed by atoms with van der Waals surface area (Å²) in [4.78, 5) is 4.41. The van der Waals surface area contributed by atoms with E-state index in [1.165, 1.54) is 0 Å². The van der Waals surface area contributed by atoms with Gasteiger partial charge < -0.3 is 15.2 Å². The highest BCUT2D eigenvalue weighted by atomic mass is 79.9. The van der Waals surface area contributed by atoms with Gasteiger partial charge in [-0.15, -0.1) is 0 Å². The summed E-state index contributed by atoms with van der Waals surface area (Å²) in [5.41, 5.74) is 9.35.